The molecule has 1 aliphatic heterocycles. The SMILES string of the molecule is C#CCN(C)C(=O)C[C@H]1CCNC[C@@H]1Cc1cc(-c2ccccn2)on1. The van der Waals surface area contributed by atoms with E-state index in [4.69, 9.17) is 10.9 Å². The standard InChI is InChI=1S/C20H24N4O2/c1-3-10-24(2)20(25)12-15-7-9-21-14-16(15)11-17-13-19(26-23-17)18-6-4-5-8-22-18/h1,4-6,8,13,15-16,21H,7,9-12,14H2,2H3/t15-,16+/m1/s1. The average Bonchev–Trinajstić information content (AvgIpc) is 3.13. The predicted molar refractivity (Wildman–Crippen MR) is 99.0 cm³/mol. The van der Waals surface area contributed by atoms with Crippen molar-refractivity contribution in [3.63, 3.8) is 0 Å². The van der Waals surface area contributed by atoms with Crippen molar-refractivity contribution >= 4 is 5.91 Å². The molecule has 1 fully saturated rings. The third-order valence-corrected chi connectivity index (χ3v) is 4.90. The van der Waals surface area contributed by atoms with Gasteiger partial charge in [0.15, 0.2) is 5.76 Å². The van der Waals surface area contributed by atoms with Gasteiger partial charge in [0.1, 0.15) is 5.69 Å². The van der Waals surface area contributed by atoms with Gasteiger partial charge in [-0.2, -0.15) is 0 Å². The van der Waals surface area contributed by atoms with Crippen LogP contribution < -0.4 is 5.32 Å². The van der Waals surface area contributed by atoms with Gasteiger partial charge >= 0.3 is 0 Å². The van der Waals surface area contributed by atoms with Crippen LogP contribution in [0.1, 0.15) is 18.5 Å². The van der Waals surface area contributed by atoms with E-state index in [1.807, 2.05) is 24.3 Å². The summed E-state index contributed by atoms with van der Waals surface area (Å²) in [6, 6.07) is 7.63. The van der Waals surface area contributed by atoms with E-state index in [1.54, 1.807) is 18.1 Å². The van der Waals surface area contributed by atoms with Crippen LogP contribution in [-0.2, 0) is 11.2 Å². The van der Waals surface area contributed by atoms with Crippen molar-refractivity contribution in [2.45, 2.75) is 19.3 Å². The Kier molecular flexibility index (Phi) is 6.03. The van der Waals surface area contributed by atoms with Crippen LogP contribution >= 0.6 is 0 Å². The van der Waals surface area contributed by atoms with Gasteiger partial charge in [-0.15, -0.1) is 6.42 Å². The lowest BCUT2D eigenvalue weighted by molar-refractivity contribution is -0.131. The second kappa shape index (κ2) is 8.63. The smallest absolute Gasteiger partial charge is 0.223 e. The van der Waals surface area contributed by atoms with Gasteiger partial charge in [-0.05, 0) is 49.9 Å². The first-order valence-corrected chi connectivity index (χ1v) is 8.92. The van der Waals surface area contributed by atoms with E-state index >= 15 is 0 Å². The summed E-state index contributed by atoms with van der Waals surface area (Å²) < 4.78 is 5.45. The van der Waals surface area contributed by atoms with E-state index in [1.165, 1.54) is 0 Å². The van der Waals surface area contributed by atoms with Crippen molar-refractivity contribution in [2.24, 2.45) is 11.8 Å². The fourth-order valence-corrected chi connectivity index (χ4v) is 3.40. The topological polar surface area (TPSA) is 71.3 Å². The Balaban J connectivity index is 1.64. The van der Waals surface area contributed by atoms with Crippen LogP contribution in [0.3, 0.4) is 0 Å². The molecule has 3 rings (SSSR count). The lowest BCUT2D eigenvalue weighted by atomic mass is 9.81. The molecule has 2 aromatic heterocycles. The van der Waals surface area contributed by atoms with E-state index in [2.05, 4.69) is 21.4 Å². The highest BCUT2D eigenvalue weighted by Gasteiger charge is 2.29. The zero-order valence-corrected chi connectivity index (χ0v) is 15.0. The number of carbonyl (C=O) groups is 1. The number of hydrogen-bond acceptors (Lipinski definition) is 5. The first-order valence-electron chi connectivity index (χ1n) is 8.92. The first-order chi connectivity index (χ1) is 12.7. The molecule has 1 aliphatic rings. The maximum absolute atomic E-state index is 12.4. The molecule has 26 heavy (non-hydrogen) atoms. The van der Waals surface area contributed by atoms with Gasteiger partial charge in [0.05, 0.1) is 12.2 Å². The molecule has 0 saturated carbocycles. The zero-order valence-electron chi connectivity index (χ0n) is 15.0. The van der Waals surface area contributed by atoms with Crippen molar-refractivity contribution in [3.05, 3.63) is 36.2 Å². The number of aromatic nitrogens is 2. The monoisotopic (exact) mass is 352 g/mol. The van der Waals surface area contributed by atoms with Crippen LogP contribution in [0.25, 0.3) is 11.5 Å². The Hall–Kier alpha value is -2.65. The van der Waals surface area contributed by atoms with Crippen molar-refractivity contribution in [2.75, 3.05) is 26.7 Å². The fraction of sp³-hybridized carbons (Fsp3) is 0.450. The molecule has 0 bridgehead atoms. The van der Waals surface area contributed by atoms with Gasteiger partial charge in [0.2, 0.25) is 5.91 Å². The molecule has 2 aromatic rings. The molecular formula is C20H24N4O2. The normalized spacial score (nSPS) is 19.7. The molecule has 136 valence electrons. The summed E-state index contributed by atoms with van der Waals surface area (Å²) in [5, 5.41) is 7.62. The van der Waals surface area contributed by atoms with Crippen molar-refractivity contribution in [3.8, 4) is 23.8 Å². The summed E-state index contributed by atoms with van der Waals surface area (Å²) in [6.45, 7) is 2.17. The molecule has 0 aromatic carbocycles. The zero-order chi connectivity index (χ0) is 18.4. The van der Waals surface area contributed by atoms with Gasteiger partial charge in [-0.3, -0.25) is 9.78 Å². The van der Waals surface area contributed by atoms with E-state index < -0.39 is 0 Å². The summed E-state index contributed by atoms with van der Waals surface area (Å²) in [5.41, 5.74) is 1.67. The number of amides is 1. The second-order valence-corrected chi connectivity index (χ2v) is 6.77. The summed E-state index contributed by atoms with van der Waals surface area (Å²) in [6.07, 6.45) is 9.31. The maximum atomic E-state index is 12.4. The number of piperidine rings is 1. The number of hydrogen-bond donors (Lipinski definition) is 1. The van der Waals surface area contributed by atoms with Crippen LogP contribution in [-0.4, -0.2) is 47.6 Å². The molecule has 1 N–H and O–H groups in total. The number of nitrogens with one attached hydrogen (secondary N) is 1. The Labute approximate surface area is 154 Å². The molecular weight excluding hydrogens is 328 g/mol. The quantitative estimate of drug-likeness (QED) is 0.805. The Bertz CT molecular complexity index is 766. The average molecular weight is 352 g/mol. The molecule has 6 heteroatoms. The number of carbonyl (C=O) groups excluding carboxylic acids is 1. The van der Waals surface area contributed by atoms with Crippen LogP contribution in [0.5, 0.6) is 0 Å². The fourth-order valence-electron chi connectivity index (χ4n) is 3.40. The van der Waals surface area contributed by atoms with Crippen LogP contribution in [0.15, 0.2) is 35.0 Å². The van der Waals surface area contributed by atoms with Crippen LogP contribution in [0.2, 0.25) is 0 Å². The van der Waals surface area contributed by atoms with Gasteiger partial charge in [0.25, 0.3) is 0 Å². The van der Waals surface area contributed by atoms with Crippen LogP contribution in [0.4, 0.5) is 0 Å². The summed E-state index contributed by atoms with van der Waals surface area (Å²) in [7, 11) is 1.76. The lowest BCUT2D eigenvalue weighted by Crippen LogP contribution is -2.40. The van der Waals surface area contributed by atoms with E-state index in [0.29, 0.717) is 30.6 Å². The van der Waals surface area contributed by atoms with Crippen molar-refractivity contribution in [1.29, 1.82) is 0 Å². The molecule has 2 atom stereocenters. The first kappa shape index (κ1) is 18.2. The third-order valence-electron chi connectivity index (χ3n) is 4.90. The summed E-state index contributed by atoms with van der Waals surface area (Å²) >= 11 is 0. The van der Waals surface area contributed by atoms with E-state index in [0.717, 1.165) is 37.3 Å². The number of rotatable bonds is 6. The highest BCUT2D eigenvalue weighted by Crippen LogP contribution is 2.28. The molecule has 1 amide bonds. The highest BCUT2D eigenvalue weighted by molar-refractivity contribution is 5.76. The Morgan fingerprint density at radius 2 is 2.35 bits per heavy atom. The minimum Gasteiger partial charge on any atom is -0.354 e. The Morgan fingerprint density at radius 1 is 1.46 bits per heavy atom. The predicted octanol–water partition coefficient (Wildman–Crippen LogP) is 1.99. The molecule has 0 unspecified atom stereocenters. The van der Waals surface area contributed by atoms with E-state index in [-0.39, 0.29) is 5.91 Å². The van der Waals surface area contributed by atoms with Crippen molar-refractivity contribution < 1.29 is 9.32 Å². The van der Waals surface area contributed by atoms with Gasteiger partial charge in [0, 0.05) is 25.7 Å². The maximum Gasteiger partial charge on any atom is 0.223 e. The number of terminal acetylenes is 1. The lowest BCUT2D eigenvalue weighted by Gasteiger charge is -2.32. The molecule has 1 saturated heterocycles. The minimum absolute atomic E-state index is 0.106. The van der Waals surface area contributed by atoms with Gasteiger partial charge in [-0.25, -0.2) is 0 Å². The third kappa shape index (κ3) is 4.50. The van der Waals surface area contributed by atoms with Gasteiger partial charge in [-0.1, -0.05) is 17.1 Å². The number of nitrogens with zero attached hydrogens (tertiary/aromatic N) is 3. The summed E-state index contributed by atoms with van der Waals surface area (Å²) in [4.78, 5) is 18.3. The Morgan fingerprint density at radius 3 is 3.12 bits per heavy atom. The molecule has 0 spiro atoms. The summed E-state index contributed by atoms with van der Waals surface area (Å²) in [5.74, 6) is 3.96. The van der Waals surface area contributed by atoms with E-state index in [9.17, 15) is 4.79 Å². The largest absolute Gasteiger partial charge is 0.354 e. The number of pyridine rings is 1. The van der Waals surface area contributed by atoms with Crippen molar-refractivity contribution in [1.82, 2.24) is 20.4 Å². The second-order valence-electron chi connectivity index (χ2n) is 6.77. The van der Waals surface area contributed by atoms with Crippen LogP contribution in [0, 0.1) is 24.2 Å². The minimum atomic E-state index is 0.106. The van der Waals surface area contributed by atoms with Gasteiger partial charge < -0.3 is 14.7 Å². The molecule has 3 heterocycles. The highest BCUT2D eigenvalue weighted by atomic mass is 16.5. The molecule has 0 aliphatic carbocycles. The molecule has 0 radical (unpaired) electrons. The molecule has 6 nitrogen and oxygen atoms in total.